The molecule has 2 aromatic rings. The minimum Gasteiger partial charge on any atom is -0.494 e. The summed E-state index contributed by atoms with van der Waals surface area (Å²) < 4.78 is 37.3. The van der Waals surface area contributed by atoms with E-state index in [4.69, 9.17) is 9.47 Å². The molecule has 0 unspecified atom stereocenters. The molecule has 0 bridgehead atoms. The number of aryl methyl sites for hydroxylation is 1. The number of carbonyl (C=O) groups is 1. The second-order valence-electron chi connectivity index (χ2n) is 6.09. The molecule has 0 saturated carbocycles. The van der Waals surface area contributed by atoms with E-state index in [1.54, 1.807) is 19.1 Å². The Hall–Kier alpha value is -2.58. The second kappa shape index (κ2) is 10.1. The van der Waals surface area contributed by atoms with Gasteiger partial charge in [0.25, 0.3) is 0 Å². The van der Waals surface area contributed by atoms with Crippen molar-refractivity contribution in [3.8, 4) is 11.5 Å². The summed E-state index contributed by atoms with van der Waals surface area (Å²) in [6, 6.07) is 12.1. The molecule has 0 radical (unpaired) electrons. The lowest BCUT2D eigenvalue weighted by molar-refractivity contribution is -0.116. The number of sulfonamides is 1. The predicted molar refractivity (Wildman–Crippen MR) is 108 cm³/mol. The van der Waals surface area contributed by atoms with Gasteiger partial charge in [0.1, 0.15) is 11.5 Å². The van der Waals surface area contributed by atoms with Gasteiger partial charge >= 0.3 is 0 Å². The summed E-state index contributed by atoms with van der Waals surface area (Å²) in [5.41, 5.74) is 1.05. The molecule has 28 heavy (non-hydrogen) atoms. The number of rotatable bonds is 10. The van der Waals surface area contributed by atoms with Crippen molar-refractivity contribution in [3.05, 3.63) is 48.0 Å². The fourth-order valence-corrected chi connectivity index (χ4v) is 3.52. The average molecular weight is 407 g/mol. The van der Waals surface area contributed by atoms with Crippen molar-refractivity contribution in [1.29, 1.82) is 0 Å². The first-order chi connectivity index (χ1) is 13.4. The maximum atomic E-state index is 12.1. The number of hydrogen-bond acceptors (Lipinski definition) is 5. The van der Waals surface area contributed by atoms with E-state index in [-0.39, 0.29) is 17.2 Å². The SMILES string of the molecule is CCOc1ccc(OCCCC(=O)Nc2ccc(C)c(S(=O)(=O)NC)c2)cc1. The standard InChI is InChI=1S/C20H26N2O5S/c1-4-26-17-9-11-18(12-10-17)27-13-5-6-20(23)22-16-8-7-15(2)19(14-16)28(24,25)21-3/h7-12,14,21H,4-6,13H2,1-3H3,(H,22,23). The van der Waals surface area contributed by atoms with Crippen molar-refractivity contribution in [1.82, 2.24) is 4.72 Å². The highest BCUT2D eigenvalue weighted by Crippen LogP contribution is 2.20. The first-order valence-corrected chi connectivity index (χ1v) is 10.5. The molecule has 0 aliphatic carbocycles. The van der Waals surface area contributed by atoms with E-state index in [0.29, 0.717) is 36.6 Å². The number of anilines is 1. The van der Waals surface area contributed by atoms with Gasteiger partial charge in [-0.3, -0.25) is 4.79 Å². The van der Waals surface area contributed by atoms with Gasteiger partial charge in [-0.1, -0.05) is 6.07 Å². The normalized spacial score (nSPS) is 11.1. The lowest BCUT2D eigenvalue weighted by atomic mass is 10.2. The lowest BCUT2D eigenvalue weighted by Crippen LogP contribution is -2.20. The molecule has 152 valence electrons. The minimum absolute atomic E-state index is 0.145. The van der Waals surface area contributed by atoms with Crippen LogP contribution < -0.4 is 19.5 Å². The Morgan fingerprint density at radius 3 is 2.29 bits per heavy atom. The van der Waals surface area contributed by atoms with Crippen LogP contribution in [0, 0.1) is 6.92 Å². The second-order valence-corrected chi connectivity index (χ2v) is 7.95. The van der Waals surface area contributed by atoms with Gasteiger partial charge in [-0.2, -0.15) is 0 Å². The van der Waals surface area contributed by atoms with Crippen molar-refractivity contribution in [2.45, 2.75) is 31.6 Å². The zero-order valence-electron chi connectivity index (χ0n) is 16.3. The number of nitrogens with one attached hydrogen (secondary N) is 2. The van der Waals surface area contributed by atoms with E-state index < -0.39 is 10.0 Å². The van der Waals surface area contributed by atoms with Crippen LogP contribution in [0.3, 0.4) is 0 Å². The maximum Gasteiger partial charge on any atom is 0.240 e. The fourth-order valence-electron chi connectivity index (χ4n) is 2.52. The van der Waals surface area contributed by atoms with E-state index in [9.17, 15) is 13.2 Å². The number of carbonyl (C=O) groups excluding carboxylic acids is 1. The van der Waals surface area contributed by atoms with Gasteiger partial charge in [0, 0.05) is 12.1 Å². The molecular formula is C20H26N2O5S. The topological polar surface area (TPSA) is 93.7 Å². The highest BCUT2D eigenvalue weighted by atomic mass is 32.2. The number of benzene rings is 2. The van der Waals surface area contributed by atoms with Crippen LogP contribution in [-0.4, -0.2) is 34.6 Å². The van der Waals surface area contributed by atoms with Crippen molar-refractivity contribution in [2.24, 2.45) is 0 Å². The summed E-state index contributed by atoms with van der Waals surface area (Å²) in [4.78, 5) is 12.3. The smallest absolute Gasteiger partial charge is 0.240 e. The van der Waals surface area contributed by atoms with E-state index >= 15 is 0 Å². The van der Waals surface area contributed by atoms with Gasteiger partial charge in [-0.25, -0.2) is 13.1 Å². The van der Waals surface area contributed by atoms with Gasteiger partial charge in [0.2, 0.25) is 15.9 Å². The molecule has 8 heteroatoms. The summed E-state index contributed by atoms with van der Waals surface area (Å²) in [5, 5.41) is 2.72. The van der Waals surface area contributed by atoms with Gasteiger partial charge in [0.15, 0.2) is 0 Å². The molecule has 0 aliphatic heterocycles. The fraction of sp³-hybridized carbons (Fsp3) is 0.350. The third-order valence-electron chi connectivity index (χ3n) is 3.98. The Labute approximate surface area is 166 Å². The quantitative estimate of drug-likeness (QED) is 0.592. The summed E-state index contributed by atoms with van der Waals surface area (Å²) in [6.45, 7) is 4.63. The van der Waals surface area contributed by atoms with E-state index in [1.165, 1.54) is 13.1 Å². The van der Waals surface area contributed by atoms with Crippen molar-refractivity contribution < 1.29 is 22.7 Å². The third-order valence-corrected chi connectivity index (χ3v) is 5.54. The average Bonchev–Trinajstić information content (AvgIpc) is 2.68. The molecular weight excluding hydrogens is 380 g/mol. The van der Waals surface area contributed by atoms with Crippen LogP contribution in [0.1, 0.15) is 25.3 Å². The van der Waals surface area contributed by atoms with Gasteiger partial charge in [-0.15, -0.1) is 0 Å². The van der Waals surface area contributed by atoms with Crippen molar-refractivity contribution in [2.75, 3.05) is 25.6 Å². The van der Waals surface area contributed by atoms with Crippen LogP contribution in [0.25, 0.3) is 0 Å². The molecule has 0 saturated heterocycles. The highest BCUT2D eigenvalue weighted by Gasteiger charge is 2.15. The molecule has 7 nitrogen and oxygen atoms in total. The van der Waals surface area contributed by atoms with Crippen LogP contribution in [-0.2, 0) is 14.8 Å². The Morgan fingerprint density at radius 2 is 1.68 bits per heavy atom. The van der Waals surface area contributed by atoms with Crippen LogP contribution in [0.5, 0.6) is 11.5 Å². The zero-order valence-corrected chi connectivity index (χ0v) is 17.1. The Morgan fingerprint density at radius 1 is 1.04 bits per heavy atom. The largest absolute Gasteiger partial charge is 0.494 e. The number of hydrogen-bond donors (Lipinski definition) is 2. The molecule has 0 heterocycles. The molecule has 0 spiro atoms. The Balaban J connectivity index is 1.82. The van der Waals surface area contributed by atoms with Crippen molar-refractivity contribution in [3.63, 3.8) is 0 Å². The first kappa shape index (κ1) is 21.7. The van der Waals surface area contributed by atoms with Gasteiger partial charge < -0.3 is 14.8 Å². The Bertz CT molecular complexity index is 895. The van der Waals surface area contributed by atoms with Gasteiger partial charge in [0.05, 0.1) is 18.1 Å². The van der Waals surface area contributed by atoms with E-state index in [0.717, 1.165) is 5.75 Å². The molecule has 0 aliphatic rings. The monoisotopic (exact) mass is 406 g/mol. The molecule has 0 atom stereocenters. The summed E-state index contributed by atoms with van der Waals surface area (Å²) in [7, 11) is -2.22. The number of ether oxygens (including phenoxy) is 2. The summed E-state index contributed by atoms with van der Waals surface area (Å²) >= 11 is 0. The maximum absolute atomic E-state index is 12.1. The zero-order chi connectivity index (χ0) is 20.6. The van der Waals surface area contributed by atoms with E-state index in [2.05, 4.69) is 10.0 Å². The molecule has 0 fully saturated rings. The minimum atomic E-state index is -3.58. The van der Waals surface area contributed by atoms with Crippen LogP contribution >= 0.6 is 0 Å². The lowest BCUT2D eigenvalue weighted by Gasteiger charge is -2.11. The highest BCUT2D eigenvalue weighted by molar-refractivity contribution is 7.89. The van der Waals surface area contributed by atoms with E-state index in [1.807, 2.05) is 31.2 Å². The molecule has 2 aromatic carbocycles. The van der Waals surface area contributed by atoms with Gasteiger partial charge in [-0.05, 0) is 69.3 Å². The Kier molecular flexibility index (Phi) is 7.83. The van der Waals surface area contributed by atoms with Crippen LogP contribution in [0.15, 0.2) is 47.4 Å². The molecule has 2 N–H and O–H groups in total. The molecule has 2 rings (SSSR count). The molecule has 1 amide bonds. The van der Waals surface area contributed by atoms with Crippen molar-refractivity contribution >= 4 is 21.6 Å². The summed E-state index contributed by atoms with van der Waals surface area (Å²) in [5.74, 6) is 1.29. The first-order valence-electron chi connectivity index (χ1n) is 9.05. The van der Waals surface area contributed by atoms with Crippen LogP contribution in [0.2, 0.25) is 0 Å². The third kappa shape index (κ3) is 6.24. The van der Waals surface area contributed by atoms with Crippen LogP contribution in [0.4, 0.5) is 5.69 Å². The summed E-state index contributed by atoms with van der Waals surface area (Å²) in [6.07, 6.45) is 0.797. The predicted octanol–water partition coefficient (Wildman–Crippen LogP) is 3.10. The molecule has 0 aromatic heterocycles. The number of amides is 1.